The molecule has 2 aliphatic heterocycles. The normalized spacial score (nSPS) is 16.3. The van der Waals surface area contributed by atoms with Gasteiger partial charge in [0.25, 0.3) is 0 Å². The Morgan fingerprint density at radius 2 is 1.54 bits per heavy atom. The number of sulfonamides is 1. The molecule has 2 aliphatic rings. The molecular formula is C27H32N4O9S. The van der Waals surface area contributed by atoms with Crippen LogP contribution < -0.4 is 19.7 Å². The molecule has 0 spiro atoms. The number of rotatable bonds is 12. The second kappa shape index (κ2) is 13.1. The van der Waals surface area contributed by atoms with Crippen LogP contribution in [0.5, 0.6) is 11.5 Å². The van der Waals surface area contributed by atoms with Gasteiger partial charge < -0.3 is 19.5 Å². The van der Waals surface area contributed by atoms with E-state index < -0.39 is 40.3 Å². The number of nitrogens with zero attached hydrogens (tertiary/aromatic N) is 3. The highest BCUT2D eigenvalue weighted by atomic mass is 32.2. The van der Waals surface area contributed by atoms with E-state index in [9.17, 15) is 27.6 Å². The lowest BCUT2D eigenvalue weighted by atomic mass is 10.2. The largest absolute Gasteiger partial charge is 0.490 e. The van der Waals surface area contributed by atoms with Crippen LogP contribution in [-0.4, -0.2) is 87.4 Å². The van der Waals surface area contributed by atoms with E-state index in [1.165, 1.54) is 40.7 Å². The lowest BCUT2D eigenvalue weighted by molar-refractivity contribution is -0.140. The maximum atomic E-state index is 13.1. The maximum Gasteiger partial charge on any atom is 0.339 e. The smallest absolute Gasteiger partial charge is 0.339 e. The van der Waals surface area contributed by atoms with Crippen LogP contribution in [0.2, 0.25) is 0 Å². The molecule has 0 bridgehead atoms. The second-order valence-corrected chi connectivity index (χ2v) is 11.2. The van der Waals surface area contributed by atoms with E-state index in [2.05, 4.69) is 5.32 Å². The van der Waals surface area contributed by atoms with E-state index in [0.29, 0.717) is 54.1 Å². The van der Waals surface area contributed by atoms with Crippen molar-refractivity contribution in [2.75, 3.05) is 56.3 Å². The third kappa shape index (κ3) is 6.66. The molecule has 0 radical (unpaired) electrons. The number of benzene rings is 2. The van der Waals surface area contributed by atoms with Crippen molar-refractivity contribution in [1.29, 1.82) is 0 Å². The van der Waals surface area contributed by atoms with Gasteiger partial charge in [0.1, 0.15) is 6.54 Å². The standard InChI is InChI=1S/C27H32N4O9S/c1-3-13-39-22-10-7-20(17-23(22)40-14-4-2)31-26(34)25(33)30(27(31)35)18-24(32)28-19-5-8-21(9-6-19)41(36,37)29-11-15-38-16-12-29/h5-10,17H,3-4,11-16,18H2,1-2H3,(H,28,32). The van der Waals surface area contributed by atoms with Crippen LogP contribution in [0.4, 0.5) is 16.2 Å². The van der Waals surface area contributed by atoms with E-state index in [1.54, 1.807) is 6.07 Å². The zero-order valence-electron chi connectivity index (χ0n) is 22.8. The summed E-state index contributed by atoms with van der Waals surface area (Å²) in [6, 6.07) is 8.98. The monoisotopic (exact) mass is 588 g/mol. The molecule has 0 saturated carbocycles. The van der Waals surface area contributed by atoms with Crippen LogP contribution >= 0.6 is 0 Å². The number of anilines is 2. The Morgan fingerprint density at radius 3 is 2.17 bits per heavy atom. The number of carbonyl (C=O) groups excluding carboxylic acids is 4. The Hall–Kier alpha value is -4.01. The van der Waals surface area contributed by atoms with Gasteiger partial charge in [0, 0.05) is 24.8 Å². The van der Waals surface area contributed by atoms with Crippen LogP contribution in [0.3, 0.4) is 0 Å². The average Bonchev–Trinajstić information content (AvgIpc) is 3.18. The molecule has 1 N–H and O–H groups in total. The molecule has 0 unspecified atom stereocenters. The second-order valence-electron chi connectivity index (χ2n) is 9.23. The first-order chi connectivity index (χ1) is 19.7. The van der Waals surface area contributed by atoms with Crippen molar-refractivity contribution in [3.05, 3.63) is 42.5 Å². The van der Waals surface area contributed by atoms with Crippen molar-refractivity contribution >= 4 is 45.2 Å². The third-order valence-corrected chi connectivity index (χ3v) is 8.12. The molecular weight excluding hydrogens is 556 g/mol. The summed E-state index contributed by atoms with van der Waals surface area (Å²) in [6.45, 7) is 5.09. The predicted octanol–water partition coefficient (Wildman–Crippen LogP) is 2.22. The van der Waals surface area contributed by atoms with Crippen molar-refractivity contribution in [2.45, 2.75) is 31.6 Å². The highest BCUT2D eigenvalue weighted by Crippen LogP contribution is 2.34. The summed E-state index contributed by atoms with van der Waals surface area (Å²) in [7, 11) is -3.71. The number of carbonyl (C=O) groups is 4. The molecule has 2 fully saturated rings. The lowest BCUT2D eigenvalue weighted by Crippen LogP contribution is -2.40. The van der Waals surface area contributed by atoms with E-state index in [-0.39, 0.29) is 29.4 Å². The van der Waals surface area contributed by atoms with E-state index in [0.717, 1.165) is 6.42 Å². The summed E-state index contributed by atoms with van der Waals surface area (Å²) in [4.78, 5) is 52.5. The Morgan fingerprint density at radius 1 is 0.902 bits per heavy atom. The van der Waals surface area contributed by atoms with Crippen LogP contribution in [-0.2, 0) is 29.1 Å². The van der Waals surface area contributed by atoms with Crippen LogP contribution in [0.15, 0.2) is 47.4 Å². The van der Waals surface area contributed by atoms with Gasteiger partial charge in [0.05, 0.1) is 37.0 Å². The van der Waals surface area contributed by atoms with Crippen molar-refractivity contribution < 1.29 is 41.8 Å². The Kier molecular flexibility index (Phi) is 9.57. The molecule has 13 nitrogen and oxygen atoms in total. The summed E-state index contributed by atoms with van der Waals surface area (Å²) in [5, 5.41) is 2.52. The molecule has 14 heteroatoms. The molecule has 220 valence electrons. The molecule has 0 aliphatic carbocycles. The van der Waals surface area contributed by atoms with Crippen molar-refractivity contribution in [3.63, 3.8) is 0 Å². The maximum absolute atomic E-state index is 13.1. The number of imide groups is 2. The fourth-order valence-electron chi connectivity index (χ4n) is 4.15. The molecule has 41 heavy (non-hydrogen) atoms. The lowest BCUT2D eigenvalue weighted by Gasteiger charge is -2.26. The van der Waals surface area contributed by atoms with Crippen molar-refractivity contribution in [2.24, 2.45) is 0 Å². The van der Waals surface area contributed by atoms with E-state index in [4.69, 9.17) is 14.2 Å². The molecule has 2 aromatic rings. The Labute approximate surface area is 238 Å². The first kappa shape index (κ1) is 30.0. The minimum absolute atomic E-state index is 0.0527. The number of urea groups is 1. The number of nitrogens with one attached hydrogen (secondary N) is 1. The molecule has 2 aromatic carbocycles. The average molecular weight is 589 g/mol. The highest BCUT2D eigenvalue weighted by Gasteiger charge is 2.46. The fourth-order valence-corrected chi connectivity index (χ4v) is 5.56. The number of amides is 5. The van der Waals surface area contributed by atoms with E-state index in [1.807, 2.05) is 13.8 Å². The first-order valence-electron chi connectivity index (χ1n) is 13.2. The number of hydrogen-bond donors (Lipinski definition) is 1. The molecule has 2 heterocycles. The Bertz CT molecular complexity index is 1410. The first-order valence-corrected chi connectivity index (χ1v) is 14.7. The third-order valence-electron chi connectivity index (χ3n) is 6.21. The van der Waals surface area contributed by atoms with Gasteiger partial charge in [0.2, 0.25) is 15.9 Å². The van der Waals surface area contributed by atoms with Gasteiger partial charge in [0.15, 0.2) is 11.5 Å². The van der Waals surface area contributed by atoms with Gasteiger partial charge in [-0.2, -0.15) is 4.31 Å². The SMILES string of the molecule is CCCOc1ccc(N2C(=O)C(=O)N(CC(=O)Nc3ccc(S(=O)(=O)N4CCOCC4)cc3)C2=O)cc1OCCC. The number of hydrogen-bond acceptors (Lipinski definition) is 9. The molecule has 4 rings (SSSR count). The predicted molar refractivity (Wildman–Crippen MR) is 147 cm³/mol. The van der Waals surface area contributed by atoms with Gasteiger partial charge >= 0.3 is 17.8 Å². The van der Waals surface area contributed by atoms with Gasteiger partial charge in [-0.1, -0.05) is 13.8 Å². The van der Waals surface area contributed by atoms with Gasteiger partial charge in [-0.3, -0.25) is 14.4 Å². The van der Waals surface area contributed by atoms with Gasteiger partial charge in [-0.25, -0.2) is 23.0 Å². The van der Waals surface area contributed by atoms with Crippen LogP contribution in [0, 0.1) is 0 Å². The summed E-state index contributed by atoms with van der Waals surface area (Å²) in [5.41, 5.74) is 0.349. The summed E-state index contributed by atoms with van der Waals surface area (Å²) < 4.78 is 43.5. The molecule has 0 atom stereocenters. The van der Waals surface area contributed by atoms with Gasteiger partial charge in [-0.15, -0.1) is 0 Å². The topological polar surface area (TPSA) is 152 Å². The van der Waals surface area contributed by atoms with E-state index >= 15 is 0 Å². The zero-order chi connectivity index (χ0) is 29.6. The van der Waals surface area contributed by atoms with Crippen molar-refractivity contribution in [1.82, 2.24) is 9.21 Å². The van der Waals surface area contributed by atoms with Gasteiger partial charge in [-0.05, 0) is 49.2 Å². The van der Waals surface area contributed by atoms with Crippen LogP contribution in [0.1, 0.15) is 26.7 Å². The molecule has 5 amide bonds. The summed E-state index contributed by atoms with van der Waals surface area (Å²) in [5.74, 6) is -2.25. The zero-order valence-corrected chi connectivity index (χ0v) is 23.6. The Balaban J connectivity index is 1.43. The minimum Gasteiger partial charge on any atom is -0.490 e. The summed E-state index contributed by atoms with van der Waals surface area (Å²) >= 11 is 0. The quantitative estimate of drug-likeness (QED) is 0.291. The fraction of sp³-hybridized carbons (Fsp3) is 0.407. The molecule has 0 aromatic heterocycles. The number of ether oxygens (including phenoxy) is 3. The van der Waals surface area contributed by atoms with Crippen LogP contribution in [0.25, 0.3) is 0 Å². The molecule has 2 saturated heterocycles. The highest BCUT2D eigenvalue weighted by molar-refractivity contribution is 7.89. The van der Waals surface area contributed by atoms with Crippen molar-refractivity contribution in [3.8, 4) is 11.5 Å². The summed E-state index contributed by atoms with van der Waals surface area (Å²) in [6.07, 6.45) is 1.48. The number of morpholine rings is 1. The minimum atomic E-state index is -3.71.